The Balaban J connectivity index is 1.67. The highest BCUT2D eigenvalue weighted by molar-refractivity contribution is 5.95. The molecule has 128 valence electrons. The van der Waals surface area contributed by atoms with Gasteiger partial charge in [-0.15, -0.1) is 0 Å². The molecule has 1 aromatic carbocycles. The fourth-order valence-corrected chi connectivity index (χ4v) is 3.29. The average molecular weight is 326 g/mol. The van der Waals surface area contributed by atoms with Crippen LogP contribution in [0.1, 0.15) is 48.7 Å². The number of nitrogens with zero attached hydrogens (tertiary/aromatic N) is 1. The first-order chi connectivity index (χ1) is 11.7. The van der Waals surface area contributed by atoms with Crippen LogP contribution in [0.15, 0.2) is 30.8 Å². The van der Waals surface area contributed by atoms with Crippen LogP contribution in [0, 0.1) is 0 Å². The van der Waals surface area contributed by atoms with Crippen LogP contribution >= 0.6 is 0 Å². The minimum atomic E-state index is -0.306. The zero-order chi connectivity index (χ0) is 16.9. The van der Waals surface area contributed by atoms with Crippen molar-refractivity contribution in [3.8, 4) is 0 Å². The van der Waals surface area contributed by atoms with Gasteiger partial charge in [-0.1, -0.05) is 19.1 Å². The van der Waals surface area contributed by atoms with Gasteiger partial charge in [0.25, 0.3) is 0 Å². The van der Waals surface area contributed by atoms with Gasteiger partial charge in [0.1, 0.15) is 5.69 Å². The summed E-state index contributed by atoms with van der Waals surface area (Å²) in [4.78, 5) is 17.5. The summed E-state index contributed by atoms with van der Waals surface area (Å²) < 4.78 is 5.05. The Morgan fingerprint density at radius 3 is 2.79 bits per heavy atom. The van der Waals surface area contributed by atoms with E-state index in [0.717, 1.165) is 35.0 Å². The Labute approximate surface area is 143 Å². The van der Waals surface area contributed by atoms with Gasteiger partial charge in [-0.2, -0.15) is 0 Å². The molecule has 0 radical (unpaired) electrons. The second kappa shape index (κ2) is 7.67. The van der Waals surface area contributed by atoms with E-state index in [9.17, 15) is 4.79 Å². The van der Waals surface area contributed by atoms with Gasteiger partial charge in [0.15, 0.2) is 0 Å². The molecule has 0 atom stereocenters. The number of rotatable bonds is 6. The molecule has 4 nitrogen and oxygen atoms in total. The third-order valence-corrected chi connectivity index (χ3v) is 4.70. The molecule has 1 aliphatic rings. The zero-order valence-corrected chi connectivity index (χ0v) is 14.4. The number of benzene rings is 1. The Kier molecular flexibility index (Phi) is 5.36. The number of hydrogen-bond acceptors (Lipinski definition) is 3. The third kappa shape index (κ3) is 3.88. The third-order valence-electron chi connectivity index (χ3n) is 4.70. The lowest BCUT2D eigenvalue weighted by molar-refractivity contribution is 0.0520. The van der Waals surface area contributed by atoms with Crippen LogP contribution in [0.4, 0.5) is 0 Å². The maximum Gasteiger partial charge on any atom is 0.354 e. The van der Waals surface area contributed by atoms with Crippen molar-refractivity contribution >= 4 is 22.4 Å². The van der Waals surface area contributed by atoms with Crippen LogP contribution in [0.25, 0.3) is 16.5 Å². The van der Waals surface area contributed by atoms with Crippen LogP contribution in [-0.4, -0.2) is 42.1 Å². The van der Waals surface area contributed by atoms with Crippen molar-refractivity contribution in [3.05, 3.63) is 42.1 Å². The van der Waals surface area contributed by atoms with Gasteiger partial charge in [0, 0.05) is 17.4 Å². The fraction of sp³-hybridized carbons (Fsp3) is 0.450. The molecule has 0 saturated carbocycles. The maximum atomic E-state index is 11.8. The van der Waals surface area contributed by atoms with Gasteiger partial charge in [0.2, 0.25) is 0 Å². The van der Waals surface area contributed by atoms with E-state index in [1.807, 2.05) is 19.1 Å². The van der Waals surface area contributed by atoms with Gasteiger partial charge in [-0.05, 0) is 68.6 Å². The number of ether oxygens (including phenoxy) is 1. The molecular formula is C20H26N2O2. The highest BCUT2D eigenvalue weighted by Gasteiger charge is 2.13. The summed E-state index contributed by atoms with van der Waals surface area (Å²) in [6.45, 7) is 9.96. The summed E-state index contributed by atoms with van der Waals surface area (Å²) >= 11 is 0. The summed E-state index contributed by atoms with van der Waals surface area (Å²) in [6.07, 6.45) is 4.99. The summed E-state index contributed by atoms with van der Waals surface area (Å²) in [7, 11) is 0. The number of likely N-dealkylation sites (tertiary alicyclic amines) is 1. The van der Waals surface area contributed by atoms with Crippen molar-refractivity contribution in [2.45, 2.75) is 32.6 Å². The first-order valence-corrected chi connectivity index (χ1v) is 8.88. The summed E-state index contributed by atoms with van der Waals surface area (Å²) in [6, 6.07) is 8.05. The Hall–Kier alpha value is -2.07. The molecule has 0 amide bonds. The van der Waals surface area contributed by atoms with Crippen molar-refractivity contribution in [1.29, 1.82) is 0 Å². The van der Waals surface area contributed by atoms with Gasteiger partial charge in [0.05, 0.1) is 6.61 Å². The highest BCUT2D eigenvalue weighted by atomic mass is 16.5. The van der Waals surface area contributed by atoms with Gasteiger partial charge in [-0.3, -0.25) is 0 Å². The Bertz CT molecular complexity index is 726. The van der Waals surface area contributed by atoms with Crippen LogP contribution in [0.5, 0.6) is 0 Å². The summed E-state index contributed by atoms with van der Waals surface area (Å²) in [5.74, 6) is -0.306. The summed E-state index contributed by atoms with van der Waals surface area (Å²) in [5, 5.41) is 1.02. The van der Waals surface area contributed by atoms with Crippen LogP contribution < -0.4 is 0 Å². The Morgan fingerprint density at radius 2 is 2.04 bits per heavy atom. The highest BCUT2D eigenvalue weighted by Crippen LogP contribution is 2.24. The fourth-order valence-electron chi connectivity index (χ4n) is 3.29. The number of aromatic nitrogens is 1. The van der Waals surface area contributed by atoms with Crippen LogP contribution in [-0.2, 0) is 4.74 Å². The van der Waals surface area contributed by atoms with Gasteiger partial charge >= 0.3 is 5.97 Å². The smallest absolute Gasteiger partial charge is 0.354 e. The molecule has 2 aromatic rings. The first-order valence-electron chi connectivity index (χ1n) is 8.88. The molecule has 1 aromatic heterocycles. The number of fused-ring (bicyclic) bond motifs is 1. The lowest BCUT2D eigenvalue weighted by Gasteiger charge is -2.26. The molecule has 1 aliphatic heterocycles. The molecule has 2 heterocycles. The van der Waals surface area contributed by atoms with Crippen LogP contribution in [0.3, 0.4) is 0 Å². The molecule has 1 fully saturated rings. The number of esters is 1. The average Bonchev–Trinajstić information content (AvgIpc) is 3.04. The molecule has 24 heavy (non-hydrogen) atoms. The van der Waals surface area contributed by atoms with Crippen molar-refractivity contribution in [3.63, 3.8) is 0 Å². The van der Waals surface area contributed by atoms with E-state index in [1.54, 1.807) is 0 Å². The predicted molar refractivity (Wildman–Crippen MR) is 98.2 cm³/mol. The van der Waals surface area contributed by atoms with Crippen molar-refractivity contribution in [2.75, 3.05) is 26.2 Å². The van der Waals surface area contributed by atoms with Crippen molar-refractivity contribution in [1.82, 2.24) is 9.88 Å². The van der Waals surface area contributed by atoms with E-state index < -0.39 is 0 Å². The molecule has 0 bridgehead atoms. The van der Waals surface area contributed by atoms with E-state index in [2.05, 4.69) is 28.6 Å². The Morgan fingerprint density at radius 1 is 1.25 bits per heavy atom. The van der Waals surface area contributed by atoms with Crippen molar-refractivity contribution < 1.29 is 9.53 Å². The molecule has 0 unspecified atom stereocenters. The minimum Gasteiger partial charge on any atom is -0.461 e. The second-order valence-corrected chi connectivity index (χ2v) is 6.46. The molecule has 0 aliphatic carbocycles. The number of nitrogens with one attached hydrogen (secondary N) is 1. The van der Waals surface area contributed by atoms with Crippen molar-refractivity contribution in [2.24, 2.45) is 0 Å². The monoisotopic (exact) mass is 326 g/mol. The number of carbonyl (C=O) groups is 1. The number of H-pyrrole nitrogens is 1. The topological polar surface area (TPSA) is 45.3 Å². The summed E-state index contributed by atoms with van der Waals surface area (Å²) in [5.41, 5.74) is 3.75. The number of carbonyl (C=O) groups excluding carboxylic acids is 1. The molecule has 3 rings (SSSR count). The zero-order valence-electron chi connectivity index (χ0n) is 14.4. The van der Waals surface area contributed by atoms with Crippen LogP contribution in [0.2, 0.25) is 0 Å². The second-order valence-electron chi connectivity index (χ2n) is 6.46. The lowest BCUT2D eigenvalue weighted by Crippen LogP contribution is -2.30. The van der Waals surface area contributed by atoms with E-state index in [-0.39, 0.29) is 5.97 Å². The largest absolute Gasteiger partial charge is 0.461 e. The molecule has 0 spiro atoms. The number of hydrogen-bond donors (Lipinski definition) is 1. The van der Waals surface area contributed by atoms with Gasteiger partial charge in [-0.25, -0.2) is 4.79 Å². The molecule has 1 N–H and O–H groups in total. The number of piperidine rings is 1. The van der Waals surface area contributed by atoms with E-state index in [0.29, 0.717) is 12.3 Å². The number of aromatic amines is 1. The molecule has 4 heteroatoms. The maximum absolute atomic E-state index is 11.8. The van der Waals surface area contributed by atoms with E-state index in [4.69, 9.17) is 4.74 Å². The minimum absolute atomic E-state index is 0.306. The normalized spacial score (nSPS) is 15.5. The quantitative estimate of drug-likeness (QED) is 0.808. The standard InChI is InChI=1S/C20H26N2O2/c1-3-24-20(23)19-14-17-13-16(7-8-18(17)21-19)15(2)9-12-22-10-5-4-6-11-22/h7-8,13-14,21H,2-6,9-12H2,1H3. The molecular weight excluding hydrogens is 300 g/mol. The lowest BCUT2D eigenvalue weighted by atomic mass is 10.0. The predicted octanol–water partition coefficient (Wildman–Crippen LogP) is 4.23. The van der Waals surface area contributed by atoms with E-state index >= 15 is 0 Å². The van der Waals surface area contributed by atoms with E-state index in [1.165, 1.54) is 32.4 Å². The molecule has 1 saturated heterocycles. The SMILES string of the molecule is C=C(CCN1CCCCC1)c1ccc2[nH]c(C(=O)OCC)cc2c1. The first kappa shape index (κ1) is 16.8. The van der Waals surface area contributed by atoms with Gasteiger partial charge < -0.3 is 14.6 Å².